The van der Waals surface area contributed by atoms with Gasteiger partial charge in [0.1, 0.15) is 42.5 Å². The number of imidazole rings is 1. The van der Waals surface area contributed by atoms with Crippen molar-refractivity contribution in [3.05, 3.63) is 81.7 Å². The quantitative estimate of drug-likeness (QED) is 0.0837. The van der Waals surface area contributed by atoms with E-state index in [2.05, 4.69) is 25.3 Å². The lowest BCUT2D eigenvalue weighted by Crippen LogP contribution is -2.40. The van der Waals surface area contributed by atoms with Crippen LogP contribution in [0.1, 0.15) is 42.1 Å². The molecule has 1 aromatic carbocycles. The van der Waals surface area contributed by atoms with Gasteiger partial charge in [-0.3, -0.25) is 32.8 Å². The number of fused-ring (bicyclic) bond motifs is 1. The van der Waals surface area contributed by atoms with Crippen LogP contribution < -0.4 is 22.3 Å². The molecule has 2 aliphatic heterocycles. The number of nitrogens with one attached hydrogen (secondary N) is 2. The predicted octanol–water partition coefficient (Wildman–Crippen LogP) is 0.923. The summed E-state index contributed by atoms with van der Waals surface area (Å²) in [7, 11) is 1.32. The number of nitrogens with zero attached hydrogens (tertiary/aromatic N) is 5. The minimum atomic E-state index is -4.31. The molecule has 274 valence electrons. The van der Waals surface area contributed by atoms with E-state index in [4.69, 9.17) is 29.0 Å². The summed E-state index contributed by atoms with van der Waals surface area (Å²) in [6.07, 6.45) is -3.32. The average Bonchev–Trinajstić information content (AvgIpc) is 3.81. The van der Waals surface area contributed by atoms with Crippen molar-refractivity contribution in [3.63, 3.8) is 0 Å². The van der Waals surface area contributed by atoms with Gasteiger partial charge in [-0.15, -0.1) is 0 Å². The number of aromatic amines is 1. The maximum atomic E-state index is 14.6. The van der Waals surface area contributed by atoms with Gasteiger partial charge in [0.2, 0.25) is 0 Å². The number of carbonyl (C=O) groups is 1. The number of aromatic nitrogens is 6. The summed E-state index contributed by atoms with van der Waals surface area (Å²) in [6, 6.07) is 9.88. The third-order valence-corrected chi connectivity index (χ3v) is 12.0. The molecule has 5 heterocycles. The van der Waals surface area contributed by atoms with Crippen LogP contribution in [0.4, 0.5) is 5.82 Å². The number of aliphatic hydroxyl groups is 2. The normalized spacial score (nSPS) is 26.0. The highest BCUT2D eigenvalue weighted by atomic mass is 32.7. The first kappa shape index (κ1) is 36.8. The molecule has 6 rings (SSSR count). The van der Waals surface area contributed by atoms with Gasteiger partial charge < -0.3 is 35.5 Å². The van der Waals surface area contributed by atoms with Crippen LogP contribution in [0.5, 0.6) is 0 Å². The highest BCUT2D eigenvalue weighted by Gasteiger charge is 2.52. The molecular formula is C30H37N8O11PS. The van der Waals surface area contributed by atoms with E-state index in [9.17, 15) is 29.2 Å². The SMILES string of the molecule is COC1C(OP(=O)(O[C@H]2O[C@@H](n3cnc4c(N)ncnc43)CC2O)SCCCCNC(=O)c2ccccc2)[C@@H](CO)O[C@H]1n1ccc(=O)[nH]c1=O. The molecule has 6 N–H and O–H groups in total. The molecule has 0 bridgehead atoms. The first-order valence-corrected chi connectivity index (χ1v) is 19.1. The largest absolute Gasteiger partial charge is 0.394 e. The lowest BCUT2D eigenvalue weighted by atomic mass is 10.1. The van der Waals surface area contributed by atoms with Crippen molar-refractivity contribution in [2.75, 3.05) is 31.7 Å². The second-order valence-electron chi connectivity index (χ2n) is 11.6. The van der Waals surface area contributed by atoms with E-state index in [0.717, 1.165) is 22.0 Å². The zero-order valence-electron chi connectivity index (χ0n) is 27.2. The summed E-state index contributed by atoms with van der Waals surface area (Å²) >= 11 is 0.827. The van der Waals surface area contributed by atoms with Gasteiger partial charge in [0.15, 0.2) is 24.0 Å². The van der Waals surface area contributed by atoms with E-state index in [1.54, 1.807) is 28.8 Å². The van der Waals surface area contributed by atoms with E-state index in [0.29, 0.717) is 36.1 Å². The third kappa shape index (κ3) is 8.24. The Morgan fingerprint density at radius 1 is 1.12 bits per heavy atom. The van der Waals surface area contributed by atoms with Crippen molar-refractivity contribution < 1.29 is 42.8 Å². The summed E-state index contributed by atoms with van der Waals surface area (Å²) in [6.45, 7) is -4.58. The number of ether oxygens (including phenoxy) is 3. The molecule has 4 unspecified atom stereocenters. The number of methoxy groups -OCH3 is 1. The number of hydrogen-bond donors (Lipinski definition) is 5. The van der Waals surface area contributed by atoms with Crippen molar-refractivity contribution in [1.82, 2.24) is 34.4 Å². The number of nitrogen functional groups attached to an aromatic ring is 1. The number of carbonyl (C=O) groups excluding carboxylic acids is 1. The number of aliphatic hydroxyl groups excluding tert-OH is 2. The van der Waals surface area contributed by atoms with Gasteiger partial charge in [0.05, 0.1) is 12.9 Å². The Balaban J connectivity index is 1.18. The first-order valence-electron chi connectivity index (χ1n) is 15.9. The number of anilines is 1. The van der Waals surface area contributed by atoms with E-state index < -0.39 is 67.8 Å². The average molecular weight is 749 g/mol. The van der Waals surface area contributed by atoms with Gasteiger partial charge in [0, 0.05) is 43.7 Å². The van der Waals surface area contributed by atoms with E-state index in [1.807, 2.05) is 6.07 Å². The molecular weight excluding hydrogens is 711 g/mol. The van der Waals surface area contributed by atoms with Crippen LogP contribution in [0.3, 0.4) is 0 Å². The maximum absolute atomic E-state index is 14.6. The van der Waals surface area contributed by atoms with E-state index in [-0.39, 0.29) is 23.9 Å². The third-order valence-electron chi connectivity index (χ3n) is 8.23. The fraction of sp³-hybridized carbons (Fsp3) is 0.467. The Bertz CT molecular complexity index is 1980. The van der Waals surface area contributed by atoms with Crippen LogP contribution in [-0.4, -0.2) is 102 Å². The molecule has 1 amide bonds. The number of nitrogens with two attached hydrogens (primary N) is 1. The summed E-state index contributed by atoms with van der Waals surface area (Å²) in [4.78, 5) is 51.2. The Morgan fingerprint density at radius 2 is 1.92 bits per heavy atom. The second kappa shape index (κ2) is 16.1. The summed E-state index contributed by atoms with van der Waals surface area (Å²) in [5, 5.41) is 24.1. The predicted molar refractivity (Wildman–Crippen MR) is 181 cm³/mol. The molecule has 2 saturated heterocycles. The van der Waals surface area contributed by atoms with Crippen molar-refractivity contribution in [2.24, 2.45) is 0 Å². The summed E-state index contributed by atoms with van der Waals surface area (Å²) in [5.41, 5.74) is 5.71. The lowest BCUT2D eigenvalue weighted by Gasteiger charge is -2.29. The van der Waals surface area contributed by atoms with Crippen molar-refractivity contribution >= 4 is 41.1 Å². The molecule has 0 spiro atoms. The van der Waals surface area contributed by atoms with E-state index >= 15 is 0 Å². The topological polar surface area (TPSA) is 257 Å². The van der Waals surface area contributed by atoms with Gasteiger partial charge in [0.25, 0.3) is 11.5 Å². The summed E-state index contributed by atoms with van der Waals surface area (Å²) in [5.74, 6) is 0.164. The number of hydrogen-bond acceptors (Lipinski definition) is 16. The molecule has 0 radical (unpaired) electrons. The molecule has 4 aromatic rings. The zero-order chi connectivity index (χ0) is 36.1. The van der Waals surface area contributed by atoms with Gasteiger partial charge >= 0.3 is 12.5 Å². The van der Waals surface area contributed by atoms with Crippen LogP contribution >= 0.6 is 18.2 Å². The molecule has 8 atom stereocenters. The molecule has 19 nitrogen and oxygen atoms in total. The molecule has 3 aromatic heterocycles. The summed E-state index contributed by atoms with van der Waals surface area (Å²) < 4.78 is 46.8. The number of unbranched alkanes of at least 4 members (excludes halogenated alkanes) is 1. The fourth-order valence-corrected chi connectivity index (χ4v) is 9.42. The van der Waals surface area contributed by atoms with Gasteiger partial charge in [-0.05, 0) is 36.4 Å². The van der Waals surface area contributed by atoms with Crippen LogP contribution in [0.25, 0.3) is 11.2 Å². The van der Waals surface area contributed by atoms with Crippen LogP contribution in [-0.2, 0) is 27.8 Å². The number of amides is 1. The Morgan fingerprint density at radius 3 is 2.67 bits per heavy atom. The van der Waals surface area contributed by atoms with Gasteiger partial charge in [-0.1, -0.05) is 18.2 Å². The minimum absolute atomic E-state index is 0.00944. The highest BCUT2D eigenvalue weighted by molar-refractivity contribution is 8.55. The maximum Gasteiger partial charge on any atom is 0.391 e. The fourth-order valence-electron chi connectivity index (χ4n) is 5.72. The molecule has 0 aliphatic carbocycles. The molecule has 0 saturated carbocycles. The smallest absolute Gasteiger partial charge is 0.391 e. The van der Waals surface area contributed by atoms with Crippen LogP contribution in [0.15, 0.2) is 64.8 Å². The number of rotatable bonds is 15. The zero-order valence-corrected chi connectivity index (χ0v) is 28.9. The van der Waals surface area contributed by atoms with Gasteiger partial charge in [-0.2, -0.15) is 0 Å². The standard InChI is InChI=1S/C30H37N8O11PS/c1-45-24-23(19(14-39)46-28(24)37-11-9-20(41)36-30(37)43)48-50(44,51-12-6-5-10-32-27(42)17-7-3-2-4-8-17)49-29-18(40)13-21(47-29)38-16-35-22-25(31)33-15-34-26(22)38/h2-4,7-9,11,15-16,18-19,21,23-24,28-29,39-40H,5-6,10,12-14H2,1H3,(H,32,42)(H2,31,33,34)(H,36,41,43)/t18?,19-,21-,23?,24?,28-,29-,50?/m1/s1. The Kier molecular flexibility index (Phi) is 11.6. The minimum Gasteiger partial charge on any atom is -0.394 e. The number of H-pyrrole nitrogens is 1. The second-order valence-corrected chi connectivity index (χ2v) is 15.7. The van der Waals surface area contributed by atoms with E-state index in [1.165, 1.54) is 26.0 Å². The lowest BCUT2D eigenvalue weighted by molar-refractivity contribution is -0.131. The Labute approximate surface area is 293 Å². The molecule has 51 heavy (non-hydrogen) atoms. The molecule has 2 fully saturated rings. The molecule has 2 aliphatic rings. The van der Waals surface area contributed by atoms with Crippen molar-refractivity contribution in [3.8, 4) is 0 Å². The number of benzene rings is 1. The Hall–Kier alpha value is -3.98. The van der Waals surface area contributed by atoms with Gasteiger partial charge in [-0.25, -0.2) is 24.3 Å². The monoisotopic (exact) mass is 748 g/mol. The first-order chi connectivity index (χ1) is 24.6. The van der Waals surface area contributed by atoms with Crippen molar-refractivity contribution in [1.29, 1.82) is 0 Å². The molecule has 21 heteroatoms. The van der Waals surface area contributed by atoms with Crippen molar-refractivity contribution in [2.45, 2.75) is 62.4 Å². The van der Waals surface area contributed by atoms with Crippen LogP contribution in [0, 0.1) is 0 Å². The highest BCUT2D eigenvalue weighted by Crippen LogP contribution is 2.64. The van der Waals surface area contributed by atoms with Crippen LogP contribution in [0.2, 0.25) is 0 Å².